The van der Waals surface area contributed by atoms with Crippen molar-refractivity contribution in [3.8, 4) is 0 Å². The van der Waals surface area contributed by atoms with Crippen molar-refractivity contribution in [2.24, 2.45) is 0 Å². The van der Waals surface area contributed by atoms with Gasteiger partial charge >= 0.3 is 0 Å². The fourth-order valence-corrected chi connectivity index (χ4v) is 5.52. The van der Waals surface area contributed by atoms with Crippen LogP contribution in [0.1, 0.15) is 29.7 Å². The van der Waals surface area contributed by atoms with Crippen molar-refractivity contribution < 1.29 is 4.79 Å². The number of fused-ring (bicyclic) bond motifs is 1. The summed E-state index contributed by atoms with van der Waals surface area (Å²) in [5, 5.41) is 12.6. The highest BCUT2D eigenvalue weighted by Gasteiger charge is 2.34. The Balaban J connectivity index is 1.51. The third kappa shape index (κ3) is 5.28. The second kappa shape index (κ2) is 10.9. The summed E-state index contributed by atoms with van der Waals surface area (Å²) in [4.78, 5) is 20.5. The van der Waals surface area contributed by atoms with Crippen molar-refractivity contribution >= 4 is 46.6 Å². The molecule has 1 aliphatic rings. The molecular formula is C29H29ClN6OS. The largest absolute Gasteiger partial charge is 0.378 e. The molecule has 1 atom stereocenters. The van der Waals surface area contributed by atoms with Crippen molar-refractivity contribution in [3.05, 3.63) is 106 Å². The van der Waals surface area contributed by atoms with Crippen LogP contribution in [0.3, 0.4) is 0 Å². The van der Waals surface area contributed by atoms with Gasteiger partial charge in [0.25, 0.3) is 5.91 Å². The van der Waals surface area contributed by atoms with Crippen molar-refractivity contribution in [2.75, 3.05) is 29.6 Å². The number of nitrogens with one attached hydrogen (secondary N) is 2. The predicted molar refractivity (Wildman–Crippen MR) is 156 cm³/mol. The minimum absolute atomic E-state index is 0.183. The first kappa shape index (κ1) is 25.9. The van der Waals surface area contributed by atoms with E-state index in [4.69, 9.17) is 21.7 Å². The fraction of sp³-hybridized carbons (Fsp3) is 0.207. The van der Waals surface area contributed by atoms with Gasteiger partial charge in [-0.1, -0.05) is 71.9 Å². The second-order valence-corrected chi connectivity index (χ2v) is 10.7. The number of amides is 1. The van der Waals surface area contributed by atoms with Gasteiger partial charge in [0.05, 0.1) is 5.57 Å². The number of hydrogen-bond donors (Lipinski definition) is 2. The van der Waals surface area contributed by atoms with Crippen LogP contribution < -0.4 is 15.5 Å². The van der Waals surface area contributed by atoms with Gasteiger partial charge in [0.15, 0.2) is 0 Å². The molecule has 2 heterocycles. The zero-order valence-electron chi connectivity index (χ0n) is 21.7. The number of carbonyl (C=O) groups is 1. The van der Waals surface area contributed by atoms with Crippen LogP contribution in [-0.4, -0.2) is 34.8 Å². The lowest BCUT2D eigenvalue weighted by molar-refractivity contribution is -0.113. The van der Waals surface area contributed by atoms with E-state index in [-0.39, 0.29) is 5.91 Å². The van der Waals surface area contributed by atoms with E-state index in [0.717, 1.165) is 33.8 Å². The molecule has 0 bridgehead atoms. The van der Waals surface area contributed by atoms with E-state index in [9.17, 15) is 4.79 Å². The molecule has 0 saturated heterocycles. The molecule has 0 radical (unpaired) electrons. The highest BCUT2D eigenvalue weighted by molar-refractivity contribution is 7.98. The number of para-hydroxylation sites is 1. The predicted octanol–water partition coefficient (Wildman–Crippen LogP) is 6.53. The van der Waals surface area contributed by atoms with Crippen LogP contribution in [0.4, 0.5) is 17.3 Å². The van der Waals surface area contributed by atoms with Gasteiger partial charge in [-0.15, -0.1) is 5.10 Å². The molecule has 5 rings (SSSR count). The van der Waals surface area contributed by atoms with E-state index in [1.54, 1.807) is 4.68 Å². The number of hydrogen-bond acceptors (Lipinski definition) is 6. The van der Waals surface area contributed by atoms with Crippen LogP contribution in [-0.2, 0) is 10.5 Å². The number of anilines is 3. The summed E-state index contributed by atoms with van der Waals surface area (Å²) in [6.07, 6.45) is 0. The molecule has 1 aromatic heterocycles. The quantitative estimate of drug-likeness (QED) is 0.258. The summed E-state index contributed by atoms with van der Waals surface area (Å²) in [5.41, 5.74) is 6.13. The van der Waals surface area contributed by atoms with E-state index in [0.29, 0.717) is 27.5 Å². The summed E-state index contributed by atoms with van der Waals surface area (Å²) in [5.74, 6) is 1.05. The van der Waals surface area contributed by atoms with Gasteiger partial charge in [-0.05, 0) is 54.8 Å². The third-order valence-corrected chi connectivity index (χ3v) is 7.77. The highest BCUT2D eigenvalue weighted by atomic mass is 35.5. The molecule has 1 aliphatic heterocycles. The Bertz CT molecular complexity index is 1510. The Morgan fingerprint density at radius 2 is 1.76 bits per heavy atom. The number of aryl methyl sites for hydroxylation is 1. The number of nitrogens with zero attached hydrogens (tertiary/aromatic N) is 4. The summed E-state index contributed by atoms with van der Waals surface area (Å²) in [6.45, 7) is 3.88. The van der Waals surface area contributed by atoms with Crippen LogP contribution in [0, 0.1) is 6.92 Å². The lowest BCUT2D eigenvalue weighted by Crippen LogP contribution is -2.31. The number of allylic oxidation sites excluding steroid dienone is 1. The number of benzene rings is 3. The van der Waals surface area contributed by atoms with Crippen LogP contribution in [0.25, 0.3) is 0 Å². The molecule has 7 nitrogen and oxygen atoms in total. The smallest absolute Gasteiger partial charge is 0.255 e. The number of carbonyl (C=O) groups excluding carboxylic acids is 1. The molecule has 38 heavy (non-hydrogen) atoms. The Morgan fingerprint density at radius 3 is 2.47 bits per heavy atom. The SMILES string of the molecule is CC1=C(C(=O)Nc2ccccc2C)C(c2ccc(N(C)C)cc2)n2nc(SCc3ccccc3Cl)nc2N1. The number of halogens is 1. The van der Waals surface area contributed by atoms with Crippen LogP contribution in [0.2, 0.25) is 5.02 Å². The molecule has 9 heteroatoms. The van der Waals surface area contributed by atoms with Crippen molar-refractivity contribution in [3.63, 3.8) is 0 Å². The summed E-state index contributed by atoms with van der Waals surface area (Å²) in [7, 11) is 4.01. The molecule has 194 valence electrons. The molecule has 0 fully saturated rings. The van der Waals surface area contributed by atoms with E-state index in [1.807, 2.05) is 106 Å². The van der Waals surface area contributed by atoms with E-state index >= 15 is 0 Å². The lowest BCUT2D eigenvalue weighted by Gasteiger charge is -2.29. The van der Waals surface area contributed by atoms with Gasteiger partial charge in [0, 0.05) is 41.9 Å². The van der Waals surface area contributed by atoms with Crippen molar-refractivity contribution in [2.45, 2.75) is 30.8 Å². The Hall–Kier alpha value is -3.75. The van der Waals surface area contributed by atoms with E-state index in [2.05, 4.69) is 10.6 Å². The molecule has 0 spiro atoms. The number of rotatable bonds is 7. The average Bonchev–Trinajstić information content (AvgIpc) is 3.31. The highest BCUT2D eigenvalue weighted by Crippen LogP contribution is 2.38. The maximum atomic E-state index is 13.8. The monoisotopic (exact) mass is 544 g/mol. The van der Waals surface area contributed by atoms with Gasteiger partial charge in [-0.3, -0.25) is 4.79 Å². The molecule has 3 aromatic carbocycles. The first-order valence-corrected chi connectivity index (χ1v) is 13.6. The van der Waals surface area contributed by atoms with Crippen LogP contribution in [0.15, 0.2) is 89.2 Å². The standard InChI is InChI=1S/C29H29ClN6OS/c1-18-9-5-8-12-24(18)32-27(37)25-19(2)31-28-33-29(38-17-21-10-6-7-11-23(21)30)34-36(28)26(25)20-13-15-22(16-14-20)35(3)4/h5-16,26H,17H2,1-4H3,(H,32,37)(H,31,33,34). The molecule has 2 N–H and O–H groups in total. The molecule has 0 saturated carbocycles. The average molecular weight is 545 g/mol. The van der Waals surface area contributed by atoms with Crippen LogP contribution >= 0.6 is 23.4 Å². The molecule has 1 amide bonds. The maximum absolute atomic E-state index is 13.8. The molecule has 4 aromatic rings. The van der Waals surface area contributed by atoms with Gasteiger partial charge in [-0.2, -0.15) is 4.98 Å². The topological polar surface area (TPSA) is 75.1 Å². The summed E-state index contributed by atoms with van der Waals surface area (Å²) in [6, 6.07) is 23.2. The number of thioether (sulfide) groups is 1. The van der Waals surface area contributed by atoms with Gasteiger partial charge < -0.3 is 15.5 Å². The van der Waals surface area contributed by atoms with Crippen molar-refractivity contribution in [1.82, 2.24) is 14.8 Å². The maximum Gasteiger partial charge on any atom is 0.255 e. The molecule has 1 unspecified atom stereocenters. The zero-order valence-corrected chi connectivity index (χ0v) is 23.3. The van der Waals surface area contributed by atoms with Gasteiger partial charge in [0.1, 0.15) is 6.04 Å². The fourth-order valence-electron chi connectivity index (χ4n) is 4.41. The summed E-state index contributed by atoms with van der Waals surface area (Å²) < 4.78 is 1.80. The first-order valence-electron chi connectivity index (χ1n) is 12.3. The number of aromatic nitrogens is 3. The van der Waals surface area contributed by atoms with E-state index in [1.165, 1.54) is 11.8 Å². The zero-order chi connectivity index (χ0) is 26.8. The van der Waals surface area contributed by atoms with E-state index < -0.39 is 6.04 Å². The Labute approximate surface area is 231 Å². The van der Waals surface area contributed by atoms with Crippen LogP contribution in [0.5, 0.6) is 0 Å². The van der Waals surface area contributed by atoms with Crippen molar-refractivity contribution in [1.29, 1.82) is 0 Å². The summed E-state index contributed by atoms with van der Waals surface area (Å²) >= 11 is 7.86. The Kier molecular flexibility index (Phi) is 7.44. The Morgan fingerprint density at radius 1 is 1.05 bits per heavy atom. The first-order chi connectivity index (χ1) is 18.3. The third-order valence-electron chi connectivity index (χ3n) is 6.51. The molecular weight excluding hydrogens is 516 g/mol. The molecule has 0 aliphatic carbocycles. The van der Waals surface area contributed by atoms with Gasteiger partial charge in [-0.25, -0.2) is 4.68 Å². The lowest BCUT2D eigenvalue weighted by atomic mass is 9.94. The second-order valence-electron chi connectivity index (χ2n) is 9.36. The normalized spacial score (nSPS) is 14.6. The minimum Gasteiger partial charge on any atom is -0.378 e. The van der Waals surface area contributed by atoms with Gasteiger partial charge in [0.2, 0.25) is 11.1 Å². The minimum atomic E-state index is -0.450.